The third kappa shape index (κ3) is 36.8. The van der Waals surface area contributed by atoms with Gasteiger partial charge in [0.15, 0.2) is 0 Å². The summed E-state index contributed by atoms with van der Waals surface area (Å²) in [4.78, 5) is 10.8. The number of ether oxygens (including phenoxy) is 11. The molecule has 250 valence electrons. The Bertz CT molecular complexity index is 538. The van der Waals surface area contributed by atoms with Crippen LogP contribution in [0.2, 0.25) is 0 Å². The van der Waals surface area contributed by atoms with Crippen LogP contribution in [0.1, 0.15) is 39.0 Å². The quantitative estimate of drug-likeness (QED) is 0.0585. The average Bonchev–Trinajstić information content (AvgIpc) is 3.00. The van der Waals surface area contributed by atoms with Crippen molar-refractivity contribution in [1.82, 2.24) is 0 Å². The molecule has 0 aromatic rings. The molecule has 42 heavy (non-hydrogen) atoms. The molecule has 0 heterocycles. The molecule has 0 aliphatic carbocycles. The second kappa shape index (κ2) is 37.8. The van der Waals surface area contributed by atoms with Crippen LogP contribution in [0.4, 0.5) is 0 Å². The lowest BCUT2D eigenvalue weighted by Gasteiger charge is -2.09. The Balaban J connectivity index is 3.04. The number of carbonyl (C=O) groups is 1. The first-order chi connectivity index (χ1) is 20.8. The molecule has 0 bridgehead atoms. The second-order valence-corrected chi connectivity index (χ2v) is 8.91. The summed E-state index contributed by atoms with van der Waals surface area (Å²) in [6, 6.07) is 0. The summed E-state index contributed by atoms with van der Waals surface area (Å²) in [5.74, 6) is -0.456. The maximum atomic E-state index is 10.8. The molecular weight excluding hydrogens is 552 g/mol. The number of hydrogen-bond acceptors (Lipinski definition) is 12. The van der Waals surface area contributed by atoms with Crippen molar-refractivity contribution in [3.8, 4) is 0 Å². The Morgan fingerprint density at radius 2 is 0.667 bits per heavy atom. The molecule has 0 saturated heterocycles. The van der Waals surface area contributed by atoms with Crippen molar-refractivity contribution in [2.75, 3.05) is 139 Å². The number of rotatable bonds is 37. The number of unbranched alkanes of at least 4 members (excludes halogenated alkanes) is 4. The van der Waals surface area contributed by atoms with Crippen molar-refractivity contribution >= 4 is 5.97 Å². The van der Waals surface area contributed by atoms with Crippen LogP contribution < -0.4 is 0 Å². The predicted molar refractivity (Wildman–Crippen MR) is 158 cm³/mol. The van der Waals surface area contributed by atoms with E-state index in [0.29, 0.717) is 126 Å². The van der Waals surface area contributed by atoms with Crippen LogP contribution in [0.5, 0.6) is 0 Å². The van der Waals surface area contributed by atoms with Gasteiger partial charge >= 0.3 is 5.97 Å². The summed E-state index contributed by atoms with van der Waals surface area (Å²) in [7, 11) is 0. The van der Waals surface area contributed by atoms with Gasteiger partial charge in [-0.3, -0.25) is 0 Å². The topological polar surface area (TPSA) is 119 Å². The van der Waals surface area contributed by atoms with Crippen molar-refractivity contribution in [2.45, 2.75) is 39.0 Å². The van der Waals surface area contributed by atoms with Crippen LogP contribution in [0.3, 0.4) is 0 Å². The zero-order chi connectivity index (χ0) is 30.4. The van der Waals surface area contributed by atoms with Gasteiger partial charge in [-0.05, 0) is 6.42 Å². The highest BCUT2D eigenvalue weighted by atomic mass is 16.6. The second-order valence-electron chi connectivity index (χ2n) is 8.91. The normalized spacial score (nSPS) is 11.3. The van der Waals surface area contributed by atoms with E-state index in [1.165, 1.54) is 25.7 Å². The lowest BCUT2D eigenvalue weighted by Crippen LogP contribution is -2.15. The molecule has 0 saturated carbocycles. The van der Waals surface area contributed by atoms with E-state index in [1.807, 2.05) is 0 Å². The fraction of sp³-hybridized carbons (Fsp3) is 0.900. The SMILES string of the molecule is C=CC(=O)OCCOCCOCCOCCOCCOCCOCCOCCOCCOCCOCCCCCCC. The smallest absolute Gasteiger partial charge is 0.330 e. The van der Waals surface area contributed by atoms with E-state index in [4.69, 9.17) is 52.1 Å². The fourth-order valence-electron chi connectivity index (χ4n) is 3.15. The van der Waals surface area contributed by atoms with Gasteiger partial charge in [0.1, 0.15) is 6.61 Å². The maximum Gasteiger partial charge on any atom is 0.330 e. The van der Waals surface area contributed by atoms with Gasteiger partial charge in [0.05, 0.1) is 126 Å². The van der Waals surface area contributed by atoms with Crippen molar-refractivity contribution in [1.29, 1.82) is 0 Å². The third-order valence-electron chi connectivity index (χ3n) is 5.38. The molecule has 0 aromatic carbocycles. The van der Waals surface area contributed by atoms with Crippen LogP contribution in [-0.4, -0.2) is 145 Å². The summed E-state index contributed by atoms with van der Waals surface area (Å²) in [6.45, 7) is 16.2. The molecule has 0 aliphatic heterocycles. The molecule has 0 atom stereocenters. The van der Waals surface area contributed by atoms with Crippen molar-refractivity contribution in [2.24, 2.45) is 0 Å². The van der Waals surface area contributed by atoms with Crippen LogP contribution in [-0.2, 0) is 56.9 Å². The first kappa shape index (κ1) is 40.8. The zero-order valence-corrected chi connectivity index (χ0v) is 26.1. The van der Waals surface area contributed by atoms with Crippen LogP contribution in [0.25, 0.3) is 0 Å². The first-order valence-corrected chi connectivity index (χ1v) is 15.4. The highest BCUT2D eigenvalue weighted by Crippen LogP contribution is 2.02. The van der Waals surface area contributed by atoms with Crippen LogP contribution >= 0.6 is 0 Å². The van der Waals surface area contributed by atoms with Crippen molar-refractivity contribution < 1.29 is 56.9 Å². The molecule has 0 unspecified atom stereocenters. The summed E-state index contributed by atoms with van der Waals surface area (Å²) < 4.78 is 59.2. The van der Waals surface area contributed by atoms with Crippen LogP contribution in [0, 0.1) is 0 Å². The lowest BCUT2D eigenvalue weighted by atomic mass is 10.2. The lowest BCUT2D eigenvalue weighted by molar-refractivity contribution is -0.139. The van der Waals surface area contributed by atoms with Crippen molar-refractivity contribution in [3.63, 3.8) is 0 Å². The number of carbonyl (C=O) groups excluding carboxylic acids is 1. The monoisotopic (exact) mass is 610 g/mol. The van der Waals surface area contributed by atoms with Crippen molar-refractivity contribution in [3.05, 3.63) is 12.7 Å². The van der Waals surface area contributed by atoms with E-state index in [-0.39, 0.29) is 6.61 Å². The Morgan fingerprint density at radius 1 is 0.405 bits per heavy atom. The summed E-state index contributed by atoms with van der Waals surface area (Å²) in [5.41, 5.74) is 0. The molecule has 0 aliphatic rings. The molecule has 0 amide bonds. The van der Waals surface area contributed by atoms with Gasteiger partial charge in [-0.15, -0.1) is 0 Å². The Kier molecular flexibility index (Phi) is 36.8. The maximum absolute atomic E-state index is 10.8. The third-order valence-corrected chi connectivity index (χ3v) is 5.38. The van der Waals surface area contributed by atoms with Crippen LogP contribution in [0.15, 0.2) is 12.7 Å². The average molecular weight is 611 g/mol. The standard InChI is InChI=1S/C30H58O12/c1-3-5-6-7-8-9-32-10-11-33-12-13-34-14-15-35-16-17-36-18-19-37-20-21-38-22-23-39-24-25-40-26-27-41-28-29-42-30(31)4-2/h4H,2-3,5-29H2,1H3. The van der Waals surface area contributed by atoms with E-state index in [1.54, 1.807) is 0 Å². The molecule has 0 spiro atoms. The highest BCUT2D eigenvalue weighted by Gasteiger charge is 1.97. The van der Waals surface area contributed by atoms with Gasteiger partial charge in [0.25, 0.3) is 0 Å². The van der Waals surface area contributed by atoms with Gasteiger partial charge in [0.2, 0.25) is 0 Å². The van der Waals surface area contributed by atoms with Gasteiger partial charge in [-0.1, -0.05) is 39.2 Å². The van der Waals surface area contributed by atoms with E-state index in [2.05, 4.69) is 13.5 Å². The fourth-order valence-corrected chi connectivity index (χ4v) is 3.15. The Hall–Kier alpha value is -1.19. The molecular formula is C30H58O12. The van der Waals surface area contributed by atoms with Gasteiger partial charge < -0.3 is 52.1 Å². The Morgan fingerprint density at radius 3 is 0.952 bits per heavy atom. The largest absolute Gasteiger partial charge is 0.460 e. The predicted octanol–water partition coefficient (Wildman–Crippen LogP) is 2.85. The van der Waals surface area contributed by atoms with Gasteiger partial charge in [-0.2, -0.15) is 0 Å². The van der Waals surface area contributed by atoms with E-state index in [9.17, 15) is 4.79 Å². The molecule has 12 nitrogen and oxygen atoms in total. The highest BCUT2D eigenvalue weighted by molar-refractivity contribution is 5.81. The van der Waals surface area contributed by atoms with Gasteiger partial charge in [-0.25, -0.2) is 4.79 Å². The molecule has 0 N–H and O–H groups in total. The number of hydrogen-bond donors (Lipinski definition) is 0. The minimum atomic E-state index is -0.456. The summed E-state index contributed by atoms with van der Waals surface area (Å²) in [6.07, 6.45) is 7.38. The molecule has 12 heteroatoms. The minimum absolute atomic E-state index is 0.202. The van der Waals surface area contributed by atoms with Gasteiger partial charge in [0, 0.05) is 12.7 Å². The zero-order valence-electron chi connectivity index (χ0n) is 26.1. The Labute approximate surface area is 253 Å². The summed E-state index contributed by atoms with van der Waals surface area (Å²) >= 11 is 0. The molecule has 0 aromatic heterocycles. The van der Waals surface area contributed by atoms with E-state index in [0.717, 1.165) is 19.1 Å². The first-order valence-electron chi connectivity index (χ1n) is 15.4. The molecule has 0 rings (SSSR count). The molecule has 0 radical (unpaired) electrons. The van der Waals surface area contributed by atoms with E-state index < -0.39 is 5.97 Å². The van der Waals surface area contributed by atoms with E-state index >= 15 is 0 Å². The summed E-state index contributed by atoms with van der Waals surface area (Å²) in [5, 5.41) is 0. The molecule has 0 fully saturated rings. The number of esters is 1. The minimum Gasteiger partial charge on any atom is -0.460 e.